The van der Waals surface area contributed by atoms with Gasteiger partial charge in [0.2, 0.25) is 0 Å². The van der Waals surface area contributed by atoms with E-state index in [1.807, 2.05) is 24.3 Å². The molecule has 3 nitrogen and oxygen atoms in total. The quantitative estimate of drug-likeness (QED) is 0.914. The fourth-order valence-electron chi connectivity index (χ4n) is 1.37. The largest absolute Gasteiger partial charge is 0.338 e. The Hall–Kier alpha value is -1.46. The first-order valence-electron chi connectivity index (χ1n) is 5.06. The summed E-state index contributed by atoms with van der Waals surface area (Å²) in [5, 5.41) is 2.90. The molecule has 2 aromatic rings. The Morgan fingerprint density at radius 1 is 1.29 bits per heavy atom. The molecule has 0 atom stereocenters. The van der Waals surface area contributed by atoms with Crippen LogP contribution in [0.25, 0.3) is 0 Å². The molecular formula is C12H11BrFN3. The molecule has 88 valence electrons. The zero-order chi connectivity index (χ0) is 12.3. The fraction of sp³-hybridized carbons (Fsp3) is 0.0833. The predicted octanol–water partition coefficient (Wildman–Crippen LogP) is 3.19. The molecule has 0 radical (unpaired) electrons. The van der Waals surface area contributed by atoms with Crippen LogP contribution in [0.2, 0.25) is 0 Å². The molecule has 0 aliphatic heterocycles. The van der Waals surface area contributed by atoms with Crippen LogP contribution in [-0.2, 0) is 6.54 Å². The molecule has 2 rings (SSSR count). The number of halogens is 2. The maximum Gasteiger partial charge on any atom is 0.166 e. The number of hydrogen-bond acceptors (Lipinski definition) is 3. The molecule has 0 amide bonds. The van der Waals surface area contributed by atoms with Crippen LogP contribution >= 0.6 is 15.9 Å². The van der Waals surface area contributed by atoms with Crippen molar-refractivity contribution >= 4 is 27.4 Å². The van der Waals surface area contributed by atoms with Gasteiger partial charge in [0.05, 0.1) is 0 Å². The molecule has 1 aromatic carbocycles. The van der Waals surface area contributed by atoms with Crippen molar-refractivity contribution < 1.29 is 4.39 Å². The van der Waals surface area contributed by atoms with E-state index < -0.39 is 5.82 Å². The minimum absolute atomic E-state index is 0.202. The molecule has 0 aliphatic rings. The van der Waals surface area contributed by atoms with E-state index in [0.717, 1.165) is 11.3 Å². The van der Waals surface area contributed by atoms with Gasteiger partial charge in [-0.05, 0) is 39.7 Å². The van der Waals surface area contributed by atoms with Gasteiger partial charge in [-0.1, -0.05) is 12.1 Å². The Balaban J connectivity index is 2.19. The van der Waals surface area contributed by atoms with Crippen molar-refractivity contribution in [2.75, 3.05) is 5.32 Å². The summed E-state index contributed by atoms with van der Waals surface area (Å²) in [4.78, 5) is 3.96. The molecule has 0 unspecified atom stereocenters. The van der Waals surface area contributed by atoms with Gasteiger partial charge in [-0.3, -0.25) is 0 Å². The zero-order valence-corrected chi connectivity index (χ0v) is 10.5. The summed E-state index contributed by atoms with van der Waals surface area (Å²) < 4.78 is 14.1. The number of hydrogen-bond donors (Lipinski definition) is 2. The SMILES string of the molecule is NCc1ccc(Nc2ncc(Br)cc2F)cc1. The molecule has 1 heterocycles. The van der Waals surface area contributed by atoms with Crippen molar-refractivity contribution in [3.63, 3.8) is 0 Å². The summed E-state index contributed by atoms with van der Waals surface area (Å²) in [5.41, 5.74) is 7.30. The van der Waals surface area contributed by atoms with Crippen molar-refractivity contribution in [2.45, 2.75) is 6.54 Å². The topological polar surface area (TPSA) is 50.9 Å². The number of nitrogens with two attached hydrogens (primary N) is 1. The van der Waals surface area contributed by atoms with Crippen LogP contribution in [0.1, 0.15) is 5.56 Å². The summed E-state index contributed by atoms with van der Waals surface area (Å²) in [6.07, 6.45) is 1.54. The fourth-order valence-corrected chi connectivity index (χ4v) is 1.67. The minimum atomic E-state index is -0.401. The highest BCUT2D eigenvalue weighted by Crippen LogP contribution is 2.20. The van der Waals surface area contributed by atoms with Crippen molar-refractivity contribution in [1.82, 2.24) is 4.98 Å². The molecule has 0 aliphatic carbocycles. The van der Waals surface area contributed by atoms with Crippen molar-refractivity contribution in [1.29, 1.82) is 0 Å². The first-order valence-corrected chi connectivity index (χ1v) is 5.85. The molecule has 0 bridgehead atoms. The smallest absolute Gasteiger partial charge is 0.166 e. The molecule has 5 heteroatoms. The lowest BCUT2D eigenvalue weighted by Crippen LogP contribution is -1.99. The van der Waals surface area contributed by atoms with Crippen molar-refractivity contribution in [3.8, 4) is 0 Å². The molecule has 1 aromatic heterocycles. The van der Waals surface area contributed by atoms with Crippen LogP contribution in [-0.4, -0.2) is 4.98 Å². The Bertz CT molecular complexity index is 514. The number of pyridine rings is 1. The highest BCUT2D eigenvalue weighted by Gasteiger charge is 2.04. The van der Waals surface area contributed by atoms with Crippen LogP contribution in [0.3, 0.4) is 0 Å². The predicted molar refractivity (Wildman–Crippen MR) is 69.5 cm³/mol. The number of nitrogens with one attached hydrogen (secondary N) is 1. The van der Waals surface area contributed by atoms with E-state index in [1.54, 1.807) is 6.20 Å². The van der Waals surface area contributed by atoms with Crippen LogP contribution in [0.15, 0.2) is 41.0 Å². The van der Waals surface area contributed by atoms with Gasteiger partial charge in [0, 0.05) is 22.9 Å². The highest BCUT2D eigenvalue weighted by molar-refractivity contribution is 9.10. The third-order valence-corrected chi connectivity index (χ3v) is 2.69. The maximum atomic E-state index is 13.5. The lowest BCUT2D eigenvalue weighted by Gasteiger charge is -2.07. The third-order valence-electron chi connectivity index (χ3n) is 2.26. The van der Waals surface area contributed by atoms with Gasteiger partial charge in [-0.2, -0.15) is 0 Å². The third kappa shape index (κ3) is 3.01. The summed E-state index contributed by atoms with van der Waals surface area (Å²) >= 11 is 3.16. The molecule has 3 N–H and O–H groups in total. The second-order valence-electron chi connectivity index (χ2n) is 3.51. The molecule has 0 saturated heterocycles. The number of anilines is 2. The van der Waals surface area contributed by atoms with Crippen molar-refractivity contribution in [3.05, 3.63) is 52.4 Å². The van der Waals surface area contributed by atoms with Gasteiger partial charge in [-0.25, -0.2) is 9.37 Å². The highest BCUT2D eigenvalue weighted by atomic mass is 79.9. The van der Waals surface area contributed by atoms with Gasteiger partial charge in [-0.15, -0.1) is 0 Å². The zero-order valence-electron chi connectivity index (χ0n) is 8.95. The van der Waals surface area contributed by atoms with Crippen molar-refractivity contribution in [2.24, 2.45) is 5.73 Å². The Labute approximate surface area is 107 Å². The van der Waals surface area contributed by atoms with Gasteiger partial charge in [0.1, 0.15) is 0 Å². The van der Waals surface area contributed by atoms with Gasteiger partial charge >= 0.3 is 0 Å². The Kier molecular flexibility index (Phi) is 3.71. The van der Waals surface area contributed by atoms with E-state index >= 15 is 0 Å². The lowest BCUT2D eigenvalue weighted by atomic mass is 10.2. The monoisotopic (exact) mass is 295 g/mol. The summed E-state index contributed by atoms with van der Waals surface area (Å²) in [5.74, 6) is -0.198. The van der Waals surface area contributed by atoms with Crippen LogP contribution in [0.5, 0.6) is 0 Å². The average molecular weight is 296 g/mol. The van der Waals surface area contributed by atoms with E-state index in [0.29, 0.717) is 11.0 Å². The summed E-state index contributed by atoms with van der Waals surface area (Å²) in [6.45, 7) is 0.491. The number of rotatable bonds is 3. The molecule has 0 fully saturated rings. The number of aromatic nitrogens is 1. The Morgan fingerprint density at radius 3 is 2.59 bits per heavy atom. The van der Waals surface area contributed by atoms with E-state index in [9.17, 15) is 4.39 Å². The van der Waals surface area contributed by atoms with Gasteiger partial charge in [0.25, 0.3) is 0 Å². The van der Waals surface area contributed by atoms with E-state index in [2.05, 4.69) is 26.2 Å². The maximum absolute atomic E-state index is 13.5. The number of benzene rings is 1. The van der Waals surface area contributed by atoms with Crippen LogP contribution in [0, 0.1) is 5.82 Å². The van der Waals surface area contributed by atoms with Gasteiger partial charge < -0.3 is 11.1 Å². The number of nitrogens with zero attached hydrogens (tertiary/aromatic N) is 1. The Morgan fingerprint density at radius 2 is 2.00 bits per heavy atom. The average Bonchev–Trinajstić information content (AvgIpc) is 2.34. The van der Waals surface area contributed by atoms with E-state index in [-0.39, 0.29) is 5.82 Å². The van der Waals surface area contributed by atoms with Crippen LogP contribution in [0.4, 0.5) is 15.9 Å². The second kappa shape index (κ2) is 5.25. The molecular weight excluding hydrogens is 285 g/mol. The summed E-state index contributed by atoms with van der Waals surface area (Å²) in [6, 6.07) is 8.82. The van der Waals surface area contributed by atoms with E-state index in [4.69, 9.17) is 5.73 Å². The van der Waals surface area contributed by atoms with E-state index in [1.165, 1.54) is 6.07 Å². The first-order chi connectivity index (χ1) is 8.19. The molecule has 0 saturated carbocycles. The minimum Gasteiger partial charge on any atom is -0.338 e. The lowest BCUT2D eigenvalue weighted by molar-refractivity contribution is 0.625. The normalized spacial score (nSPS) is 10.3. The molecule has 17 heavy (non-hydrogen) atoms. The molecule has 0 spiro atoms. The van der Waals surface area contributed by atoms with Crippen LogP contribution < -0.4 is 11.1 Å². The summed E-state index contributed by atoms with van der Waals surface area (Å²) in [7, 11) is 0. The van der Waals surface area contributed by atoms with Gasteiger partial charge in [0.15, 0.2) is 11.6 Å². The second-order valence-corrected chi connectivity index (χ2v) is 4.43. The first kappa shape index (κ1) is 12.0. The standard InChI is InChI=1S/C12H11BrFN3/c13-9-5-11(14)12(16-7-9)17-10-3-1-8(6-15)2-4-10/h1-5,7H,6,15H2,(H,16,17).